The summed E-state index contributed by atoms with van der Waals surface area (Å²) in [5.74, 6) is 0. The van der Waals surface area contributed by atoms with Crippen molar-refractivity contribution in [1.29, 1.82) is 0 Å². The van der Waals surface area contributed by atoms with Crippen molar-refractivity contribution in [3.8, 4) is 0 Å². The lowest BCUT2D eigenvalue weighted by atomic mass is 10.1. The summed E-state index contributed by atoms with van der Waals surface area (Å²) in [6, 6.07) is 4.95. The molecule has 78 valence electrons. The Morgan fingerprint density at radius 2 is 2.21 bits per heavy atom. The molecular weight excluding hydrogens is 225 g/mol. The molecule has 0 radical (unpaired) electrons. The van der Waals surface area contributed by atoms with Gasteiger partial charge < -0.3 is 9.94 Å². The lowest BCUT2D eigenvalue weighted by Crippen LogP contribution is -2.20. The number of hydrogen-bond donors (Lipinski definition) is 2. The zero-order valence-corrected chi connectivity index (χ0v) is 9.14. The molecule has 0 bridgehead atoms. The van der Waals surface area contributed by atoms with Crippen LogP contribution in [0.1, 0.15) is 11.7 Å². The Bertz CT molecular complexity index is 307. The third-order valence-electron chi connectivity index (χ3n) is 1.74. The molecule has 0 saturated heterocycles. The van der Waals surface area contributed by atoms with Gasteiger partial charge in [0.15, 0.2) is 0 Å². The normalized spacial score (nSPS) is 12.9. The van der Waals surface area contributed by atoms with Crippen LogP contribution in [0.5, 0.6) is 0 Å². The van der Waals surface area contributed by atoms with E-state index in [9.17, 15) is 5.11 Å². The Hall–Kier alpha value is -0.320. The summed E-state index contributed by atoms with van der Waals surface area (Å²) < 4.78 is 0. The molecule has 1 atom stereocenters. The first-order valence-corrected chi connectivity index (χ1v) is 4.79. The number of nitrogens with one attached hydrogen (secondary N) is 1. The molecule has 1 aromatic rings. The van der Waals surface area contributed by atoms with Gasteiger partial charge in [0.25, 0.3) is 0 Å². The Balaban J connectivity index is 2.77. The lowest BCUT2D eigenvalue weighted by Gasteiger charge is -2.12. The third-order valence-corrected chi connectivity index (χ3v) is 2.32. The molecule has 0 aromatic heterocycles. The Morgan fingerprint density at radius 1 is 1.50 bits per heavy atom. The Morgan fingerprint density at radius 3 is 2.86 bits per heavy atom. The van der Waals surface area contributed by atoms with Gasteiger partial charge in [-0.15, -0.1) is 0 Å². The fourth-order valence-electron chi connectivity index (χ4n) is 1.04. The van der Waals surface area contributed by atoms with E-state index >= 15 is 0 Å². The van der Waals surface area contributed by atoms with Gasteiger partial charge in [0.1, 0.15) is 0 Å². The number of hydroxylamine groups is 1. The first kappa shape index (κ1) is 11.8. The summed E-state index contributed by atoms with van der Waals surface area (Å²) in [4.78, 5) is 4.62. The molecule has 0 amide bonds. The maximum atomic E-state index is 9.67. The van der Waals surface area contributed by atoms with Crippen LogP contribution in [0.2, 0.25) is 10.0 Å². The topological polar surface area (TPSA) is 41.5 Å². The minimum Gasteiger partial charge on any atom is -0.387 e. The third kappa shape index (κ3) is 3.12. The molecule has 1 unspecified atom stereocenters. The smallest absolute Gasteiger partial charge is 0.0952 e. The van der Waals surface area contributed by atoms with Gasteiger partial charge in [0.05, 0.1) is 19.8 Å². The maximum absolute atomic E-state index is 9.67. The van der Waals surface area contributed by atoms with E-state index in [1.165, 1.54) is 7.11 Å². The van der Waals surface area contributed by atoms with Crippen LogP contribution in [0.15, 0.2) is 18.2 Å². The van der Waals surface area contributed by atoms with Gasteiger partial charge in [-0.05, 0) is 18.2 Å². The second-order valence-corrected chi connectivity index (χ2v) is 3.58. The van der Waals surface area contributed by atoms with Crippen LogP contribution in [-0.2, 0) is 4.84 Å². The van der Waals surface area contributed by atoms with Crippen molar-refractivity contribution < 1.29 is 9.94 Å². The van der Waals surface area contributed by atoms with Crippen molar-refractivity contribution in [3.05, 3.63) is 33.8 Å². The van der Waals surface area contributed by atoms with Gasteiger partial charge in [0, 0.05) is 15.6 Å². The first-order valence-electron chi connectivity index (χ1n) is 4.04. The summed E-state index contributed by atoms with van der Waals surface area (Å²) >= 11 is 11.7. The highest BCUT2D eigenvalue weighted by Crippen LogP contribution is 2.25. The fraction of sp³-hybridized carbons (Fsp3) is 0.333. The van der Waals surface area contributed by atoms with Crippen molar-refractivity contribution in [3.63, 3.8) is 0 Å². The Labute approximate surface area is 92.5 Å². The molecule has 0 heterocycles. The van der Waals surface area contributed by atoms with Crippen LogP contribution >= 0.6 is 23.2 Å². The van der Waals surface area contributed by atoms with Crippen LogP contribution in [0.4, 0.5) is 0 Å². The van der Waals surface area contributed by atoms with Crippen LogP contribution in [0.25, 0.3) is 0 Å². The summed E-state index contributed by atoms with van der Waals surface area (Å²) in [7, 11) is 1.48. The van der Waals surface area contributed by atoms with Crippen LogP contribution in [0, 0.1) is 0 Å². The largest absolute Gasteiger partial charge is 0.387 e. The molecule has 5 heteroatoms. The molecule has 0 aliphatic heterocycles. The van der Waals surface area contributed by atoms with Crippen molar-refractivity contribution in [2.45, 2.75) is 6.10 Å². The van der Waals surface area contributed by atoms with Crippen molar-refractivity contribution in [2.24, 2.45) is 0 Å². The highest BCUT2D eigenvalue weighted by Gasteiger charge is 2.11. The zero-order chi connectivity index (χ0) is 10.6. The minimum atomic E-state index is -0.735. The van der Waals surface area contributed by atoms with Crippen LogP contribution in [-0.4, -0.2) is 18.8 Å². The molecule has 1 rings (SSSR count). The van der Waals surface area contributed by atoms with Gasteiger partial charge in [-0.25, -0.2) is 0 Å². The first-order chi connectivity index (χ1) is 6.65. The van der Waals surface area contributed by atoms with Crippen molar-refractivity contribution >= 4 is 23.2 Å². The lowest BCUT2D eigenvalue weighted by molar-refractivity contribution is 0.0499. The van der Waals surface area contributed by atoms with Crippen LogP contribution < -0.4 is 5.48 Å². The van der Waals surface area contributed by atoms with Gasteiger partial charge >= 0.3 is 0 Å². The molecule has 0 fully saturated rings. The standard InChI is InChI=1S/C9H11Cl2NO2/c1-14-12-5-9(13)7-4-6(10)2-3-8(7)11/h2-4,9,12-13H,5H2,1H3. The number of benzene rings is 1. The predicted molar refractivity (Wildman–Crippen MR) is 56.4 cm³/mol. The fourth-order valence-corrected chi connectivity index (χ4v) is 1.47. The molecule has 0 aliphatic carbocycles. The SMILES string of the molecule is CONCC(O)c1cc(Cl)ccc1Cl. The highest BCUT2D eigenvalue weighted by molar-refractivity contribution is 6.33. The molecule has 2 N–H and O–H groups in total. The van der Waals surface area contributed by atoms with Gasteiger partial charge in [-0.3, -0.25) is 0 Å². The second kappa shape index (κ2) is 5.53. The second-order valence-electron chi connectivity index (χ2n) is 2.73. The van der Waals surface area contributed by atoms with Gasteiger partial charge in [-0.1, -0.05) is 23.2 Å². The zero-order valence-electron chi connectivity index (χ0n) is 7.63. The van der Waals surface area contributed by atoms with E-state index in [1.807, 2.05) is 0 Å². The number of aliphatic hydroxyl groups is 1. The van der Waals surface area contributed by atoms with E-state index < -0.39 is 6.10 Å². The quantitative estimate of drug-likeness (QED) is 0.787. The number of halogens is 2. The molecule has 14 heavy (non-hydrogen) atoms. The molecule has 1 aromatic carbocycles. The van der Waals surface area contributed by atoms with Gasteiger partial charge in [-0.2, -0.15) is 5.48 Å². The molecular formula is C9H11Cl2NO2. The maximum Gasteiger partial charge on any atom is 0.0952 e. The van der Waals surface area contributed by atoms with Crippen molar-refractivity contribution in [1.82, 2.24) is 5.48 Å². The van der Waals surface area contributed by atoms with E-state index in [0.717, 1.165) is 0 Å². The number of hydrogen-bond acceptors (Lipinski definition) is 3. The molecule has 0 saturated carbocycles. The van der Waals surface area contributed by atoms with E-state index in [4.69, 9.17) is 23.2 Å². The molecule has 0 spiro atoms. The average molecular weight is 236 g/mol. The summed E-state index contributed by atoms with van der Waals surface area (Å²) in [5, 5.41) is 10.7. The minimum absolute atomic E-state index is 0.260. The van der Waals surface area contributed by atoms with E-state index in [0.29, 0.717) is 15.6 Å². The van der Waals surface area contributed by atoms with Gasteiger partial charge in [0.2, 0.25) is 0 Å². The van der Waals surface area contributed by atoms with Crippen LogP contribution in [0.3, 0.4) is 0 Å². The number of aliphatic hydroxyl groups excluding tert-OH is 1. The van der Waals surface area contributed by atoms with E-state index in [-0.39, 0.29) is 6.54 Å². The summed E-state index contributed by atoms with van der Waals surface area (Å²) in [6.45, 7) is 0.260. The molecule has 0 aliphatic rings. The number of rotatable bonds is 4. The predicted octanol–water partition coefficient (Wildman–Crippen LogP) is 2.18. The highest BCUT2D eigenvalue weighted by atomic mass is 35.5. The summed E-state index contributed by atoms with van der Waals surface area (Å²) in [5.41, 5.74) is 3.13. The average Bonchev–Trinajstić information content (AvgIpc) is 2.18. The monoisotopic (exact) mass is 235 g/mol. The molecule has 3 nitrogen and oxygen atoms in total. The van der Waals surface area contributed by atoms with E-state index in [1.54, 1.807) is 18.2 Å². The van der Waals surface area contributed by atoms with E-state index in [2.05, 4.69) is 10.3 Å². The Kier molecular flexibility index (Phi) is 4.65. The summed E-state index contributed by atoms with van der Waals surface area (Å²) in [6.07, 6.45) is -0.735. The van der Waals surface area contributed by atoms with Crippen molar-refractivity contribution in [2.75, 3.05) is 13.7 Å².